The van der Waals surface area contributed by atoms with Crippen LogP contribution in [0, 0.1) is 13.8 Å². The molecule has 1 aliphatic heterocycles. The molecule has 1 N–H and O–H groups in total. The summed E-state index contributed by atoms with van der Waals surface area (Å²) in [6.45, 7) is 3.99. The third-order valence-corrected chi connectivity index (χ3v) is 6.55. The first-order valence-electron chi connectivity index (χ1n) is 10.1. The van der Waals surface area contributed by atoms with Crippen molar-refractivity contribution in [2.75, 3.05) is 11.1 Å². The number of para-hydroxylation sites is 1. The van der Waals surface area contributed by atoms with Gasteiger partial charge in [-0.3, -0.25) is 14.2 Å². The first kappa shape index (κ1) is 19.6. The highest BCUT2D eigenvalue weighted by atomic mass is 32.2. The Hall–Kier alpha value is -3.39. The Morgan fingerprint density at radius 1 is 1.19 bits per heavy atom. The van der Waals surface area contributed by atoms with Crippen molar-refractivity contribution in [1.29, 1.82) is 0 Å². The van der Waals surface area contributed by atoms with E-state index in [0.29, 0.717) is 21.9 Å². The average Bonchev–Trinajstić information content (AvgIpc) is 3.36. The molecule has 4 aromatic rings. The van der Waals surface area contributed by atoms with E-state index >= 15 is 0 Å². The van der Waals surface area contributed by atoms with E-state index in [1.165, 1.54) is 11.8 Å². The van der Waals surface area contributed by atoms with Crippen LogP contribution in [0.2, 0.25) is 0 Å². The van der Waals surface area contributed by atoms with E-state index in [0.717, 1.165) is 22.5 Å². The van der Waals surface area contributed by atoms with Crippen LogP contribution in [0.3, 0.4) is 0 Å². The van der Waals surface area contributed by atoms with Crippen LogP contribution in [0.15, 0.2) is 64.7 Å². The van der Waals surface area contributed by atoms with Crippen LogP contribution >= 0.6 is 11.8 Å². The lowest BCUT2D eigenvalue weighted by Crippen LogP contribution is -2.27. The lowest BCUT2D eigenvalue weighted by Gasteiger charge is -2.14. The molecule has 1 atom stereocenters. The number of rotatable bonds is 4. The van der Waals surface area contributed by atoms with Crippen LogP contribution in [0.5, 0.6) is 0 Å². The van der Waals surface area contributed by atoms with E-state index in [1.807, 2.05) is 62.4 Å². The van der Waals surface area contributed by atoms with E-state index < -0.39 is 0 Å². The minimum Gasteiger partial charge on any atom is -0.326 e. The number of hydrogen-bond acceptors (Lipinski definition) is 5. The first-order chi connectivity index (χ1) is 15.0. The molecular formula is C23H21N5O2S. The molecule has 2 aromatic carbocycles. The topological polar surface area (TPSA) is 81.8 Å². The Morgan fingerprint density at radius 2 is 2.00 bits per heavy atom. The number of nitrogens with one attached hydrogen (secondary N) is 1. The lowest BCUT2D eigenvalue weighted by molar-refractivity contribution is -0.116. The number of anilines is 1. The summed E-state index contributed by atoms with van der Waals surface area (Å²) >= 11 is 1.50. The zero-order chi connectivity index (χ0) is 21.5. The maximum atomic E-state index is 13.2. The lowest BCUT2D eigenvalue weighted by atomic mass is 10.1. The van der Waals surface area contributed by atoms with Gasteiger partial charge in [-0.1, -0.05) is 47.7 Å². The highest BCUT2D eigenvalue weighted by molar-refractivity contribution is 7.99. The van der Waals surface area contributed by atoms with Gasteiger partial charge >= 0.3 is 0 Å². The molecule has 0 saturated carbocycles. The molecular weight excluding hydrogens is 410 g/mol. The van der Waals surface area contributed by atoms with Gasteiger partial charge in [0.25, 0.3) is 5.56 Å². The first-order valence-corrected chi connectivity index (χ1v) is 11.1. The molecule has 2 aromatic heterocycles. The van der Waals surface area contributed by atoms with Crippen LogP contribution in [0.1, 0.15) is 23.6 Å². The monoisotopic (exact) mass is 431 g/mol. The number of nitrogens with zero attached hydrogens (tertiary/aromatic N) is 4. The molecule has 0 saturated heterocycles. The Balaban J connectivity index is 1.44. The fourth-order valence-electron chi connectivity index (χ4n) is 3.91. The van der Waals surface area contributed by atoms with Gasteiger partial charge in [0.05, 0.1) is 17.9 Å². The summed E-state index contributed by atoms with van der Waals surface area (Å²) in [5, 5.41) is 8.43. The number of benzene rings is 2. The number of amides is 1. The Kier molecular flexibility index (Phi) is 4.86. The zero-order valence-corrected chi connectivity index (χ0v) is 18.0. The second kappa shape index (κ2) is 7.70. The molecule has 7 nitrogen and oxygen atoms in total. The second-order valence-corrected chi connectivity index (χ2v) is 8.72. The van der Waals surface area contributed by atoms with Gasteiger partial charge in [-0.15, -0.1) is 0 Å². The fraction of sp³-hybridized carbons (Fsp3) is 0.217. The SMILES string of the molecule is Cc1ccc(NC(=O)CC2CSc3nc4c(cnn4-c4ccccc4)c(=O)n32)c(C)c1. The molecule has 1 amide bonds. The third-order valence-electron chi connectivity index (χ3n) is 5.45. The van der Waals surface area contributed by atoms with Crippen LogP contribution in [-0.4, -0.2) is 31.0 Å². The molecule has 5 rings (SSSR count). The molecule has 0 radical (unpaired) electrons. The van der Waals surface area contributed by atoms with Gasteiger partial charge in [0.2, 0.25) is 5.91 Å². The third kappa shape index (κ3) is 3.53. The van der Waals surface area contributed by atoms with Crippen LogP contribution < -0.4 is 10.9 Å². The summed E-state index contributed by atoms with van der Waals surface area (Å²) in [5.74, 6) is 0.519. The van der Waals surface area contributed by atoms with Crippen molar-refractivity contribution in [3.8, 4) is 5.69 Å². The maximum Gasteiger partial charge on any atom is 0.265 e. The minimum absolute atomic E-state index is 0.114. The number of carbonyl (C=O) groups is 1. The number of aryl methyl sites for hydroxylation is 2. The van der Waals surface area contributed by atoms with Crippen molar-refractivity contribution in [2.45, 2.75) is 31.5 Å². The van der Waals surface area contributed by atoms with E-state index in [2.05, 4.69) is 10.4 Å². The van der Waals surface area contributed by atoms with E-state index in [-0.39, 0.29) is 23.9 Å². The largest absolute Gasteiger partial charge is 0.326 e. The van der Waals surface area contributed by atoms with Crippen molar-refractivity contribution in [2.24, 2.45) is 0 Å². The molecule has 1 aliphatic rings. The quantitative estimate of drug-likeness (QED) is 0.496. The smallest absolute Gasteiger partial charge is 0.265 e. The van der Waals surface area contributed by atoms with Crippen LogP contribution in [-0.2, 0) is 4.79 Å². The average molecular weight is 432 g/mol. The van der Waals surface area contributed by atoms with E-state index in [4.69, 9.17) is 4.98 Å². The number of fused-ring (bicyclic) bond motifs is 2. The van der Waals surface area contributed by atoms with Gasteiger partial charge < -0.3 is 5.32 Å². The summed E-state index contributed by atoms with van der Waals surface area (Å²) < 4.78 is 3.32. The predicted octanol–water partition coefficient (Wildman–Crippen LogP) is 3.87. The molecule has 3 heterocycles. The van der Waals surface area contributed by atoms with Gasteiger partial charge in [0.15, 0.2) is 10.8 Å². The fourth-order valence-corrected chi connectivity index (χ4v) is 5.04. The number of thioether (sulfide) groups is 1. The van der Waals surface area contributed by atoms with Crippen molar-refractivity contribution < 1.29 is 4.79 Å². The van der Waals surface area contributed by atoms with Gasteiger partial charge in [-0.05, 0) is 37.6 Å². The van der Waals surface area contributed by atoms with Gasteiger partial charge in [0, 0.05) is 17.9 Å². The standard InChI is InChI=1S/C23H21N5O2S/c1-14-8-9-19(15(2)10-14)25-20(29)11-17-13-31-23-26-21-18(22(30)27(17)23)12-24-28(21)16-6-4-3-5-7-16/h3-10,12,17H,11,13H2,1-2H3,(H,25,29). The van der Waals surface area contributed by atoms with Crippen LogP contribution in [0.25, 0.3) is 16.7 Å². The van der Waals surface area contributed by atoms with Crippen molar-refractivity contribution in [1.82, 2.24) is 19.3 Å². The summed E-state index contributed by atoms with van der Waals surface area (Å²) in [5.41, 5.74) is 4.19. The predicted molar refractivity (Wildman–Crippen MR) is 122 cm³/mol. The molecule has 156 valence electrons. The van der Waals surface area contributed by atoms with Gasteiger partial charge in [-0.2, -0.15) is 5.10 Å². The molecule has 0 bridgehead atoms. The summed E-state index contributed by atoms with van der Waals surface area (Å²) in [7, 11) is 0. The molecule has 0 spiro atoms. The Bertz CT molecular complexity index is 1360. The Morgan fingerprint density at radius 3 is 2.77 bits per heavy atom. The second-order valence-electron chi connectivity index (χ2n) is 7.73. The van der Waals surface area contributed by atoms with Crippen molar-refractivity contribution in [3.63, 3.8) is 0 Å². The van der Waals surface area contributed by atoms with Crippen molar-refractivity contribution >= 4 is 34.4 Å². The van der Waals surface area contributed by atoms with Crippen molar-refractivity contribution in [3.05, 3.63) is 76.2 Å². The molecule has 0 aliphatic carbocycles. The van der Waals surface area contributed by atoms with Gasteiger partial charge in [-0.25, -0.2) is 9.67 Å². The normalized spacial score (nSPS) is 15.2. The zero-order valence-electron chi connectivity index (χ0n) is 17.2. The van der Waals surface area contributed by atoms with Gasteiger partial charge in [0.1, 0.15) is 5.39 Å². The minimum atomic E-state index is -0.241. The maximum absolute atomic E-state index is 13.2. The number of carbonyl (C=O) groups excluding carboxylic acids is 1. The molecule has 0 fully saturated rings. The number of hydrogen-bond donors (Lipinski definition) is 1. The van der Waals surface area contributed by atoms with E-state index in [9.17, 15) is 9.59 Å². The summed E-state index contributed by atoms with van der Waals surface area (Å²) in [6, 6.07) is 15.3. The molecule has 31 heavy (non-hydrogen) atoms. The van der Waals surface area contributed by atoms with Crippen LogP contribution in [0.4, 0.5) is 5.69 Å². The number of aromatic nitrogens is 4. The van der Waals surface area contributed by atoms with E-state index in [1.54, 1.807) is 15.4 Å². The Labute approximate surface area is 183 Å². The highest BCUT2D eigenvalue weighted by Crippen LogP contribution is 2.33. The summed E-state index contributed by atoms with van der Waals surface area (Å²) in [4.78, 5) is 30.7. The molecule has 8 heteroatoms. The molecule has 1 unspecified atom stereocenters. The summed E-state index contributed by atoms with van der Waals surface area (Å²) in [6.07, 6.45) is 1.77. The highest BCUT2D eigenvalue weighted by Gasteiger charge is 2.29.